The Balaban J connectivity index is 0. The van der Waals surface area contributed by atoms with Gasteiger partial charge in [0.2, 0.25) is 10.4 Å². The summed E-state index contributed by atoms with van der Waals surface area (Å²) in [5.41, 5.74) is 0. The van der Waals surface area contributed by atoms with Crippen LogP contribution in [0.3, 0.4) is 0 Å². The summed E-state index contributed by atoms with van der Waals surface area (Å²) < 4.78 is 53.5. The van der Waals surface area contributed by atoms with Gasteiger partial charge < -0.3 is 28.0 Å². The molecule has 0 aliphatic rings. The highest BCUT2D eigenvalue weighted by molar-refractivity contribution is 7.80. The van der Waals surface area contributed by atoms with Crippen LogP contribution in [0.5, 0.6) is 0 Å². The number of nitrogens with zero attached hydrogens (tertiary/aromatic N) is 1. The van der Waals surface area contributed by atoms with Crippen LogP contribution >= 0.6 is 0 Å². The molecule has 0 aromatic carbocycles. The van der Waals surface area contributed by atoms with Gasteiger partial charge in [0.15, 0.2) is 0 Å². The summed E-state index contributed by atoms with van der Waals surface area (Å²) in [6, 6.07) is 0. The molecule has 0 aliphatic carbocycles. The molecular formula is C24H51NO9S. The minimum atomic E-state index is -4.41. The fraction of sp³-hybridized carbons (Fsp3) is 0.958. The van der Waals surface area contributed by atoms with Crippen molar-refractivity contribution >= 4 is 16.4 Å². The van der Waals surface area contributed by atoms with Crippen molar-refractivity contribution in [2.45, 2.75) is 71.1 Å². The molecule has 0 saturated carbocycles. The Labute approximate surface area is 214 Å². The second kappa shape index (κ2) is 24.9. The van der Waals surface area contributed by atoms with E-state index in [0.717, 1.165) is 37.6 Å². The predicted molar refractivity (Wildman–Crippen MR) is 135 cm³/mol. The maximum atomic E-state index is 11.7. The van der Waals surface area contributed by atoms with Gasteiger partial charge in [-0.1, -0.05) is 58.3 Å². The molecule has 0 aromatic heterocycles. The second-order valence-electron chi connectivity index (χ2n) is 9.22. The fourth-order valence-electron chi connectivity index (χ4n) is 2.75. The van der Waals surface area contributed by atoms with E-state index in [4.69, 9.17) is 18.9 Å². The molecule has 0 amide bonds. The van der Waals surface area contributed by atoms with Gasteiger partial charge in [0.05, 0.1) is 67.9 Å². The molecule has 11 heteroatoms. The SMILES string of the molecule is CCCCCCCCCCCC(=O)OCCOCCOCCOCC[N+](C)(C)C.COS(=O)(=O)[O-]. The Hall–Kier alpha value is -0.820. The zero-order valence-corrected chi connectivity index (χ0v) is 23.6. The van der Waals surface area contributed by atoms with E-state index in [9.17, 15) is 17.8 Å². The Morgan fingerprint density at radius 2 is 1.11 bits per heavy atom. The van der Waals surface area contributed by atoms with E-state index >= 15 is 0 Å². The van der Waals surface area contributed by atoms with Crippen molar-refractivity contribution in [2.24, 2.45) is 0 Å². The second-order valence-corrected chi connectivity index (χ2v) is 10.4. The molecule has 212 valence electrons. The number of hydrogen-bond acceptors (Lipinski definition) is 9. The maximum absolute atomic E-state index is 11.7. The largest absolute Gasteiger partial charge is 0.726 e. The van der Waals surface area contributed by atoms with Crippen LogP contribution in [-0.2, 0) is 38.3 Å². The molecular weight excluding hydrogens is 478 g/mol. The van der Waals surface area contributed by atoms with E-state index in [1.807, 2.05) is 0 Å². The number of rotatable bonds is 23. The van der Waals surface area contributed by atoms with Crippen LogP contribution in [-0.4, -0.2) is 104 Å². The highest BCUT2D eigenvalue weighted by Crippen LogP contribution is 2.10. The average molecular weight is 530 g/mol. The summed E-state index contributed by atoms with van der Waals surface area (Å²) >= 11 is 0. The van der Waals surface area contributed by atoms with Gasteiger partial charge in [0.25, 0.3) is 0 Å². The van der Waals surface area contributed by atoms with Gasteiger partial charge in [-0.05, 0) is 6.42 Å². The van der Waals surface area contributed by atoms with E-state index in [1.54, 1.807) is 0 Å². The van der Waals surface area contributed by atoms with Crippen molar-refractivity contribution in [1.82, 2.24) is 0 Å². The summed E-state index contributed by atoms with van der Waals surface area (Å²) in [5, 5.41) is 0. The molecule has 0 saturated heterocycles. The zero-order valence-electron chi connectivity index (χ0n) is 22.8. The lowest BCUT2D eigenvalue weighted by atomic mass is 10.1. The summed E-state index contributed by atoms with van der Waals surface area (Å²) in [6.45, 7) is 6.95. The molecule has 0 N–H and O–H groups in total. The minimum absolute atomic E-state index is 0.112. The molecule has 0 bridgehead atoms. The fourth-order valence-corrected chi connectivity index (χ4v) is 2.75. The van der Waals surface area contributed by atoms with Crippen LogP contribution in [0, 0.1) is 0 Å². The standard InChI is InChI=1S/C23H48NO5.CH4O4S/c1-5-6-7-8-9-10-11-12-13-14-23(25)29-22-21-28-20-19-27-18-17-26-16-15-24(2,3)4;1-5-6(2,3)4/h5-22H2,1-4H3;1H3,(H,2,3,4)/q+1;/p-1. The van der Waals surface area contributed by atoms with Gasteiger partial charge in [0, 0.05) is 6.42 Å². The van der Waals surface area contributed by atoms with Gasteiger partial charge in [-0.25, -0.2) is 8.42 Å². The highest BCUT2D eigenvalue weighted by atomic mass is 32.3. The summed E-state index contributed by atoms with van der Waals surface area (Å²) in [5.74, 6) is -0.112. The van der Waals surface area contributed by atoms with Crippen LogP contribution in [0.4, 0.5) is 0 Å². The first-order chi connectivity index (χ1) is 16.5. The number of hydrogen-bond donors (Lipinski definition) is 0. The first kappa shape index (κ1) is 36.3. The maximum Gasteiger partial charge on any atom is 0.305 e. The van der Waals surface area contributed by atoms with Crippen molar-refractivity contribution in [3.05, 3.63) is 0 Å². The van der Waals surface area contributed by atoms with Gasteiger partial charge in [-0.2, -0.15) is 0 Å². The van der Waals surface area contributed by atoms with Crippen LogP contribution in [0.1, 0.15) is 71.1 Å². The molecule has 0 heterocycles. The van der Waals surface area contributed by atoms with Crippen LogP contribution < -0.4 is 0 Å². The summed E-state index contributed by atoms with van der Waals surface area (Å²) in [7, 11) is 2.83. The van der Waals surface area contributed by atoms with Crippen LogP contribution in [0.15, 0.2) is 0 Å². The third kappa shape index (κ3) is 37.9. The first-order valence-electron chi connectivity index (χ1n) is 12.7. The molecule has 0 atom stereocenters. The van der Waals surface area contributed by atoms with Crippen LogP contribution in [0.25, 0.3) is 0 Å². The molecule has 0 radical (unpaired) electrons. The van der Waals surface area contributed by atoms with E-state index in [2.05, 4.69) is 32.2 Å². The Morgan fingerprint density at radius 1 is 0.714 bits per heavy atom. The zero-order chi connectivity index (χ0) is 26.8. The third-order valence-electron chi connectivity index (χ3n) is 4.83. The Bertz CT molecular complexity index is 566. The van der Waals surface area contributed by atoms with Crippen molar-refractivity contribution in [2.75, 3.05) is 81.0 Å². The lowest BCUT2D eigenvalue weighted by Gasteiger charge is -2.23. The van der Waals surface area contributed by atoms with Crippen LogP contribution in [0.2, 0.25) is 0 Å². The molecule has 0 fully saturated rings. The highest BCUT2D eigenvalue weighted by Gasteiger charge is 2.05. The van der Waals surface area contributed by atoms with Gasteiger partial charge in [0.1, 0.15) is 13.2 Å². The first-order valence-corrected chi connectivity index (χ1v) is 14.1. The molecule has 0 rings (SSSR count). The third-order valence-corrected chi connectivity index (χ3v) is 5.24. The number of quaternary nitrogens is 1. The number of carbonyl (C=O) groups excluding carboxylic acids is 1. The number of carbonyl (C=O) groups is 1. The van der Waals surface area contributed by atoms with Gasteiger partial charge in [-0.3, -0.25) is 8.98 Å². The Morgan fingerprint density at radius 3 is 1.54 bits per heavy atom. The van der Waals surface area contributed by atoms with Crippen molar-refractivity contribution in [3.8, 4) is 0 Å². The molecule has 0 unspecified atom stereocenters. The lowest BCUT2D eigenvalue weighted by molar-refractivity contribution is -0.870. The molecule has 35 heavy (non-hydrogen) atoms. The van der Waals surface area contributed by atoms with Gasteiger partial charge in [-0.15, -0.1) is 0 Å². The predicted octanol–water partition coefficient (Wildman–Crippen LogP) is 3.30. The van der Waals surface area contributed by atoms with Crippen molar-refractivity contribution in [3.63, 3.8) is 0 Å². The monoisotopic (exact) mass is 529 g/mol. The quantitative estimate of drug-likeness (QED) is 0.0645. The molecule has 10 nitrogen and oxygen atoms in total. The molecule has 0 aromatic rings. The normalized spacial score (nSPS) is 11.7. The van der Waals surface area contributed by atoms with E-state index < -0.39 is 10.4 Å². The average Bonchev–Trinajstić information content (AvgIpc) is 2.78. The minimum Gasteiger partial charge on any atom is -0.726 e. The van der Waals surface area contributed by atoms with Crippen molar-refractivity contribution in [1.29, 1.82) is 0 Å². The van der Waals surface area contributed by atoms with E-state index in [-0.39, 0.29) is 5.97 Å². The Kier molecular flexibility index (Phi) is 25.8. The lowest BCUT2D eigenvalue weighted by Crippen LogP contribution is -2.37. The topological polar surface area (TPSA) is 120 Å². The number of unbranched alkanes of at least 4 members (excludes halogenated alkanes) is 8. The number of esters is 1. The van der Waals surface area contributed by atoms with E-state index in [0.29, 0.717) is 46.1 Å². The number of ether oxygens (including phenoxy) is 4. The number of likely N-dealkylation sites (N-methyl/N-ethyl adjacent to an activating group) is 1. The molecule has 0 spiro atoms. The van der Waals surface area contributed by atoms with Crippen molar-refractivity contribution < 1.29 is 45.4 Å². The van der Waals surface area contributed by atoms with E-state index in [1.165, 1.54) is 44.9 Å². The van der Waals surface area contributed by atoms with Gasteiger partial charge >= 0.3 is 5.97 Å². The summed E-state index contributed by atoms with van der Waals surface area (Å²) in [4.78, 5) is 11.7. The summed E-state index contributed by atoms with van der Waals surface area (Å²) in [6.07, 6.45) is 11.8. The molecule has 0 aliphatic heterocycles. The smallest absolute Gasteiger partial charge is 0.305 e.